The molecule has 0 aliphatic rings. The van der Waals surface area contributed by atoms with Gasteiger partial charge in [0.1, 0.15) is 13.1 Å². The summed E-state index contributed by atoms with van der Waals surface area (Å²) < 4.78 is 25.5. The van der Waals surface area contributed by atoms with Crippen molar-refractivity contribution >= 4 is 34.9 Å². The van der Waals surface area contributed by atoms with Gasteiger partial charge in [0.05, 0.1) is 14.2 Å². The third-order valence-corrected chi connectivity index (χ3v) is 2.88. The number of methoxy groups -OCH3 is 2. The molecule has 0 atom stereocenters. The quantitative estimate of drug-likeness (QED) is 0.715. The van der Waals surface area contributed by atoms with Gasteiger partial charge in [0.25, 0.3) is 0 Å². The Labute approximate surface area is 161 Å². The lowest BCUT2D eigenvalue weighted by Crippen LogP contribution is -2.14. The van der Waals surface area contributed by atoms with Gasteiger partial charge >= 0.3 is 23.5 Å². The predicted molar refractivity (Wildman–Crippen MR) is 103 cm³/mol. The highest BCUT2D eigenvalue weighted by atomic mass is 32.1. The summed E-state index contributed by atoms with van der Waals surface area (Å²) in [5.74, 6) is -0.530. The Bertz CT molecular complexity index is 636. The number of carbonyl (C=O) groups is 2. The first-order valence-corrected chi connectivity index (χ1v) is 8.37. The second-order valence-corrected chi connectivity index (χ2v) is 4.80. The minimum Gasteiger partial charge on any atom is -0.468 e. The molecule has 2 aromatic rings. The Morgan fingerprint density at radius 1 is 0.741 bits per heavy atom. The van der Waals surface area contributed by atoms with Crippen LogP contribution in [0.3, 0.4) is 0 Å². The summed E-state index contributed by atoms with van der Waals surface area (Å²) in [6.07, 6.45) is 0. The van der Waals surface area contributed by atoms with Gasteiger partial charge in [-0.25, -0.2) is 0 Å². The molecule has 0 aliphatic carbocycles. The average Bonchev–Trinajstić information content (AvgIpc) is 2.72. The Balaban J connectivity index is 0.000000438. The molecule has 2 aromatic carbocycles. The van der Waals surface area contributed by atoms with Crippen LogP contribution in [0.15, 0.2) is 60.7 Å². The lowest BCUT2D eigenvalue weighted by molar-refractivity contribution is -0.139. The second kappa shape index (κ2) is 16.3. The van der Waals surface area contributed by atoms with Gasteiger partial charge in [0.15, 0.2) is 0 Å². The minimum absolute atomic E-state index is 0.209. The summed E-state index contributed by atoms with van der Waals surface area (Å²) in [7, 11) is 2.74. The van der Waals surface area contributed by atoms with Gasteiger partial charge in [-0.3, -0.25) is 9.59 Å². The lowest BCUT2D eigenvalue weighted by atomic mass is 10.3. The normalized spacial score (nSPS) is 8.52. The summed E-state index contributed by atoms with van der Waals surface area (Å²) >= 11 is -0.750. The Hall–Kier alpha value is -3.20. The maximum Gasteiger partial charge on any atom is 0.335 e. The number of carbonyl (C=O) groups excluding carboxylic acids is 2. The fourth-order valence-electron chi connectivity index (χ4n) is 1.60. The van der Waals surface area contributed by atoms with E-state index >= 15 is 0 Å². The van der Waals surface area contributed by atoms with E-state index < -0.39 is 11.6 Å². The third-order valence-electron chi connectivity index (χ3n) is 2.88. The highest BCUT2D eigenvalue weighted by molar-refractivity contribution is 7.51. The molecule has 0 aliphatic heterocycles. The predicted octanol–water partition coefficient (Wildman–Crippen LogP) is 1.87. The molecule has 27 heavy (non-hydrogen) atoms. The fraction of sp³-hybridized carbons (Fsp3) is 0.222. The van der Waals surface area contributed by atoms with Crippen LogP contribution in [0.2, 0.25) is 0 Å². The molecule has 0 saturated heterocycles. The maximum absolute atomic E-state index is 10.7. The molecule has 0 amide bonds. The van der Waals surface area contributed by atoms with E-state index in [9.17, 15) is 9.59 Å². The molecule has 0 spiro atoms. The number of ether oxygens (including phenoxy) is 2. The zero-order valence-electron chi connectivity index (χ0n) is 15.0. The van der Waals surface area contributed by atoms with Gasteiger partial charge in [-0.1, -0.05) is 36.4 Å². The first-order valence-electron chi connectivity index (χ1n) is 7.70. The van der Waals surface area contributed by atoms with Crippen LogP contribution in [-0.2, 0) is 30.6 Å². The van der Waals surface area contributed by atoms with Crippen molar-refractivity contribution in [2.75, 3.05) is 37.9 Å². The summed E-state index contributed by atoms with van der Waals surface area (Å²) in [6, 6.07) is 19.0. The van der Waals surface area contributed by atoms with E-state index in [0.29, 0.717) is 0 Å². The molecule has 0 fully saturated rings. The molecule has 0 saturated carbocycles. The number of anilines is 2. The van der Waals surface area contributed by atoms with Crippen LogP contribution >= 0.6 is 0 Å². The Morgan fingerprint density at radius 3 is 1.30 bits per heavy atom. The molecule has 2 N–H and O–H groups in total. The van der Waals surface area contributed by atoms with Crippen LogP contribution in [0.1, 0.15) is 0 Å². The second-order valence-electron chi connectivity index (χ2n) is 4.66. The highest BCUT2D eigenvalue weighted by Gasteiger charge is 1.98. The Morgan fingerprint density at radius 2 is 1.04 bits per heavy atom. The van der Waals surface area contributed by atoms with Crippen molar-refractivity contribution in [2.24, 2.45) is 0 Å². The number of rotatable bonds is 6. The minimum atomic E-state index is -0.750. The standard InChI is InChI=1S/2C9H11NO2.O2S/c2*1-12-9(11)7-10-8-5-3-2-4-6-8;1-3-2/h2*2-6,10H,7H2,1H3;. The van der Waals surface area contributed by atoms with E-state index in [4.69, 9.17) is 8.42 Å². The first-order chi connectivity index (χ1) is 13.1. The molecule has 0 bridgehead atoms. The molecule has 146 valence electrons. The zero-order chi connectivity index (χ0) is 20.3. The molecule has 2 rings (SSSR count). The molecule has 0 aromatic heterocycles. The van der Waals surface area contributed by atoms with Gasteiger partial charge in [0, 0.05) is 11.4 Å². The zero-order valence-corrected chi connectivity index (χ0v) is 15.9. The first kappa shape index (κ1) is 23.8. The number of benzene rings is 2. The average molecular weight is 394 g/mol. The third kappa shape index (κ3) is 13.7. The summed E-state index contributed by atoms with van der Waals surface area (Å²) in [4.78, 5) is 21.4. The summed E-state index contributed by atoms with van der Waals surface area (Å²) in [5, 5.41) is 5.84. The number of hydrogen-bond donors (Lipinski definition) is 2. The maximum atomic E-state index is 10.7. The van der Waals surface area contributed by atoms with Crippen LogP contribution in [-0.4, -0.2) is 47.7 Å². The molecule has 0 heterocycles. The van der Waals surface area contributed by atoms with Gasteiger partial charge in [-0.15, -0.1) is 0 Å². The van der Waals surface area contributed by atoms with E-state index in [-0.39, 0.29) is 25.0 Å². The number of para-hydroxylation sites is 2. The van der Waals surface area contributed by atoms with Gasteiger partial charge in [-0.05, 0) is 24.3 Å². The van der Waals surface area contributed by atoms with Gasteiger partial charge < -0.3 is 20.1 Å². The van der Waals surface area contributed by atoms with Crippen LogP contribution in [0.25, 0.3) is 0 Å². The van der Waals surface area contributed by atoms with E-state index in [0.717, 1.165) is 11.4 Å². The highest BCUT2D eigenvalue weighted by Crippen LogP contribution is 2.04. The van der Waals surface area contributed by atoms with Crippen molar-refractivity contribution in [1.82, 2.24) is 0 Å². The van der Waals surface area contributed by atoms with Crippen molar-refractivity contribution < 1.29 is 27.5 Å². The van der Waals surface area contributed by atoms with Crippen molar-refractivity contribution in [3.8, 4) is 0 Å². The van der Waals surface area contributed by atoms with E-state index in [1.807, 2.05) is 60.7 Å². The van der Waals surface area contributed by atoms with Crippen molar-refractivity contribution in [3.63, 3.8) is 0 Å². The van der Waals surface area contributed by atoms with Crippen LogP contribution < -0.4 is 10.6 Å². The molecular formula is C18H22N2O6S. The lowest BCUT2D eigenvalue weighted by Gasteiger charge is -2.03. The van der Waals surface area contributed by atoms with E-state index in [1.165, 1.54) is 14.2 Å². The van der Waals surface area contributed by atoms with Crippen molar-refractivity contribution in [2.45, 2.75) is 0 Å². The summed E-state index contributed by atoms with van der Waals surface area (Å²) in [6.45, 7) is 0.418. The summed E-state index contributed by atoms with van der Waals surface area (Å²) in [5.41, 5.74) is 1.84. The topological polar surface area (TPSA) is 111 Å². The Kier molecular flexibility index (Phi) is 14.3. The monoisotopic (exact) mass is 394 g/mol. The van der Waals surface area contributed by atoms with Crippen LogP contribution in [0.5, 0.6) is 0 Å². The van der Waals surface area contributed by atoms with E-state index in [1.54, 1.807) is 0 Å². The van der Waals surface area contributed by atoms with Crippen molar-refractivity contribution in [1.29, 1.82) is 0 Å². The number of esters is 2. The van der Waals surface area contributed by atoms with Gasteiger partial charge in [0.2, 0.25) is 0 Å². The molecule has 0 unspecified atom stereocenters. The van der Waals surface area contributed by atoms with E-state index in [2.05, 4.69) is 20.1 Å². The molecule has 8 nitrogen and oxygen atoms in total. The molecular weight excluding hydrogens is 372 g/mol. The van der Waals surface area contributed by atoms with Gasteiger partial charge in [-0.2, -0.15) is 8.42 Å². The largest absolute Gasteiger partial charge is 0.468 e. The SMILES string of the molecule is COC(=O)CNc1ccccc1.COC(=O)CNc1ccccc1.O=S=O. The number of nitrogens with one attached hydrogen (secondary N) is 2. The van der Waals surface area contributed by atoms with Crippen molar-refractivity contribution in [3.05, 3.63) is 60.7 Å². The molecule has 9 heteroatoms. The smallest absolute Gasteiger partial charge is 0.335 e. The molecule has 0 radical (unpaired) electrons. The van der Waals surface area contributed by atoms with Crippen LogP contribution in [0, 0.1) is 0 Å². The fourth-order valence-corrected chi connectivity index (χ4v) is 1.60. The van der Waals surface area contributed by atoms with Crippen LogP contribution in [0.4, 0.5) is 11.4 Å². The number of hydrogen-bond acceptors (Lipinski definition) is 8.